The van der Waals surface area contributed by atoms with E-state index in [0.29, 0.717) is 0 Å². The molecule has 2 saturated carbocycles. The van der Waals surface area contributed by atoms with Crippen LogP contribution in [0.1, 0.15) is 60.6 Å². The summed E-state index contributed by atoms with van der Waals surface area (Å²) in [6.45, 7) is 2.26. The minimum Gasteiger partial charge on any atom is -0.310 e. The highest BCUT2D eigenvalue weighted by molar-refractivity contribution is 5.81. The molecule has 4 aromatic carbocycles. The molecular formula is C34H33N. The second-order valence-corrected chi connectivity index (χ2v) is 11.2. The highest BCUT2D eigenvalue weighted by Gasteiger charge is 2.42. The molecule has 2 unspecified atom stereocenters. The van der Waals surface area contributed by atoms with Crippen molar-refractivity contribution in [2.75, 3.05) is 4.90 Å². The second kappa shape index (κ2) is 8.41. The van der Waals surface area contributed by atoms with Crippen LogP contribution in [-0.2, 0) is 0 Å². The molecule has 4 aliphatic carbocycles. The van der Waals surface area contributed by atoms with Gasteiger partial charge in [0.2, 0.25) is 0 Å². The monoisotopic (exact) mass is 455 g/mol. The normalized spacial score (nSPS) is 24.1. The van der Waals surface area contributed by atoms with E-state index in [1.807, 2.05) is 0 Å². The third kappa shape index (κ3) is 3.69. The lowest BCUT2D eigenvalue weighted by atomic mass is 9.67. The first-order valence-corrected chi connectivity index (χ1v) is 13.4. The molecule has 0 saturated heterocycles. The number of para-hydroxylation sites is 2. The summed E-state index contributed by atoms with van der Waals surface area (Å²) in [5.74, 6) is 3.50. The van der Waals surface area contributed by atoms with E-state index in [2.05, 4.69) is 109 Å². The Kier molecular flexibility index (Phi) is 5.05. The molecule has 0 radical (unpaired) electrons. The second-order valence-electron chi connectivity index (χ2n) is 11.2. The van der Waals surface area contributed by atoms with E-state index in [9.17, 15) is 0 Å². The quantitative estimate of drug-likeness (QED) is 0.296. The third-order valence-electron chi connectivity index (χ3n) is 8.92. The van der Waals surface area contributed by atoms with E-state index in [-0.39, 0.29) is 0 Å². The molecule has 0 heterocycles. The summed E-state index contributed by atoms with van der Waals surface area (Å²) >= 11 is 0. The molecule has 0 N–H and O–H groups in total. The van der Waals surface area contributed by atoms with Gasteiger partial charge in [-0.25, -0.2) is 0 Å². The maximum Gasteiger partial charge on any atom is 0.0467 e. The Bertz CT molecular complexity index is 1300. The number of anilines is 3. The van der Waals surface area contributed by atoms with Crippen LogP contribution >= 0.6 is 0 Å². The van der Waals surface area contributed by atoms with Crippen molar-refractivity contribution in [1.82, 2.24) is 0 Å². The van der Waals surface area contributed by atoms with Gasteiger partial charge in [0.05, 0.1) is 0 Å². The van der Waals surface area contributed by atoms with Gasteiger partial charge < -0.3 is 4.90 Å². The lowest BCUT2D eigenvalue weighted by Crippen LogP contribution is -2.25. The van der Waals surface area contributed by atoms with Crippen LogP contribution in [0.15, 0.2) is 97.1 Å². The smallest absolute Gasteiger partial charge is 0.0467 e. The number of rotatable bonds is 4. The van der Waals surface area contributed by atoms with Crippen molar-refractivity contribution in [3.05, 3.63) is 114 Å². The molecule has 1 nitrogen and oxygen atoms in total. The highest BCUT2D eigenvalue weighted by atomic mass is 15.1. The Morgan fingerprint density at radius 3 is 1.77 bits per heavy atom. The standard InChI is InChI=1S/C34H33N/c1-23-12-14-31(35(29-8-4-2-5-9-29)30-10-6-3-7-11-30)22-33(23)26-13-15-32-27-17-24-16-25(18-27)20-28(19-24)34(32)21-26/h2-15,21-22,24-25,27-28H,16-20H2,1H3. The first-order valence-electron chi connectivity index (χ1n) is 13.4. The summed E-state index contributed by atoms with van der Waals surface area (Å²) in [5, 5.41) is 0. The Morgan fingerprint density at radius 2 is 1.14 bits per heavy atom. The fourth-order valence-electron chi connectivity index (χ4n) is 7.49. The summed E-state index contributed by atoms with van der Waals surface area (Å²) in [5.41, 5.74) is 11.0. The van der Waals surface area contributed by atoms with Gasteiger partial charge in [-0.3, -0.25) is 0 Å². The molecule has 174 valence electrons. The van der Waals surface area contributed by atoms with Gasteiger partial charge in [0.15, 0.2) is 0 Å². The van der Waals surface area contributed by atoms with Crippen molar-refractivity contribution < 1.29 is 0 Å². The zero-order chi connectivity index (χ0) is 23.4. The fraction of sp³-hybridized carbons (Fsp3) is 0.294. The van der Waals surface area contributed by atoms with E-state index in [1.165, 1.54) is 65.9 Å². The van der Waals surface area contributed by atoms with Gasteiger partial charge in [-0.15, -0.1) is 0 Å². The van der Waals surface area contributed by atoms with Crippen LogP contribution in [0.4, 0.5) is 17.1 Å². The SMILES string of the molecule is Cc1ccc(N(c2ccccc2)c2ccccc2)cc1-c1ccc2c(c1)C1CC3CC(CC2C3)C1. The van der Waals surface area contributed by atoms with E-state index >= 15 is 0 Å². The molecule has 2 atom stereocenters. The summed E-state index contributed by atoms with van der Waals surface area (Å²) in [6, 6.07) is 35.9. The number of nitrogens with zero attached hydrogens (tertiary/aromatic N) is 1. The van der Waals surface area contributed by atoms with E-state index in [1.54, 1.807) is 11.1 Å². The minimum atomic E-state index is 0.773. The van der Waals surface area contributed by atoms with Gasteiger partial charge in [0.1, 0.15) is 0 Å². The van der Waals surface area contributed by atoms with E-state index in [4.69, 9.17) is 0 Å². The van der Waals surface area contributed by atoms with Crippen molar-refractivity contribution in [1.29, 1.82) is 0 Å². The first-order chi connectivity index (χ1) is 17.2. The molecular weight excluding hydrogens is 422 g/mol. The predicted molar refractivity (Wildman–Crippen MR) is 147 cm³/mol. The van der Waals surface area contributed by atoms with E-state index < -0.39 is 0 Å². The fourth-order valence-corrected chi connectivity index (χ4v) is 7.49. The van der Waals surface area contributed by atoms with Crippen LogP contribution in [-0.4, -0.2) is 0 Å². The van der Waals surface area contributed by atoms with Crippen LogP contribution in [0, 0.1) is 18.8 Å². The maximum atomic E-state index is 2.57. The van der Waals surface area contributed by atoms with Crippen molar-refractivity contribution in [2.24, 2.45) is 11.8 Å². The zero-order valence-electron chi connectivity index (χ0n) is 20.5. The number of hydrogen-bond donors (Lipinski definition) is 0. The molecule has 4 aliphatic rings. The van der Waals surface area contributed by atoms with Gasteiger partial charge in [-0.1, -0.05) is 60.7 Å². The molecule has 4 aromatic rings. The summed E-state index contributed by atoms with van der Waals surface area (Å²) in [7, 11) is 0. The van der Waals surface area contributed by atoms with Gasteiger partial charge in [0, 0.05) is 17.1 Å². The molecule has 0 spiro atoms. The average Bonchev–Trinajstić information content (AvgIpc) is 3.06. The number of benzene rings is 4. The van der Waals surface area contributed by atoms with Gasteiger partial charge >= 0.3 is 0 Å². The topological polar surface area (TPSA) is 3.24 Å². The summed E-state index contributed by atoms with van der Waals surface area (Å²) in [4.78, 5) is 2.37. The molecule has 0 amide bonds. The van der Waals surface area contributed by atoms with Crippen molar-refractivity contribution >= 4 is 17.1 Å². The van der Waals surface area contributed by atoms with Crippen molar-refractivity contribution in [3.63, 3.8) is 0 Å². The van der Waals surface area contributed by atoms with Crippen LogP contribution < -0.4 is 4.90 Å². The number of aryl methyl sites for hydroxylation is 1. The first kappa shape index (κ1) is 21.0. The molecule has 2 fully saturated rings. The average molecular weight is 456 g/mol. The number of hydrogen-bond acceptors (Lipinski definition) is 1. The highest BCUT2D eigenvalue weighted by Crippen LogP contribution is 2.56. The molecule has 0 aromatic heterocycles. The zero-order valence-corrected chi connectivity index (χ0v) is 20.5. The van der Waals surface area contributed by atoms with Gasteiger partial charge in [-0.05, 0) is 127 Å². The van der Waals surface area contributed by atoms with Crippen LogP contribution in [0.25, 0.3) is 11.1 Å². The van der Waals surface area contributed by atoms with Crippen LogP contribution in [0.2, 0.25) is 0 Å². The largest absolute Gasteiger partial charge is 0.310 e. The molecule has 4 bridgehead atoms. The maximum absolute atomic E-state index is 2.57. The van der Waals surface area contributed by atoms with Crippen LogP contribution in [0.5, 0.6) is 0 Å². The Balaban J connectivity index is 1.33. The van der Waals surface area contributed by atoms with Crippen molar-refractivity contribution in [2.45, 2.75) is 50.9 Å². The van der Waals surface area contributed by atoms with Gasteiger partial charge in [0.25, 0.3) is 0 Å². The van der Waals surface area contributed by atoms with Crippen LogP contribution in [0.3, 0.4) is 0 Å². The minimum absolute atomic E-state index is 0.773. The lowest BCUT2D eigenvalue weighted by molar-refractivity contribution is 0.166. The Labute approximate surface area is 209 Å². The van der Waals surface area contributed by atoms with E-state index in [0.717, 1.165) is 23.7 Å². The molecule has 35 heavy (non-hydrogen) atoms. The predicted octanol–water partition coefficient (Wildman–Crippen LogP) is 9.52. The molecule has 8 rings (SSSR count). The molecule has 0 aliphatic heterocycles. The Morgan fingerprint density at radius 1 is 0.543 bits per heavy atom. The van der Waals surface area contributed by atoms with Crippen molar-refractivity contribution in [3.8, 4) is 11.1 Å². The van der Waals surface area contributed by atoms with Gasteiger partial charge in [-0.2, -0.15) is 0 Å². The molecule has 1 heteroatoms. The third-order valence-corrected chi connectivity index (χ3v) is 8.92. The summed E-state index contributed by atoms with van der Waals surface area (Å²) < 4.78 is 0. The lowest BCUT2D eigenvalue weighted by Gasteiger charge is -2.38. The Hall–Kier alpha value is -3.32. The summed E-state index contributed by atoms with van der Waals surface area (Å²) in [6.07, 6.45) is 7.17.